The zero-order valence-corrected chi connectivity index (χ0v) is 55.7. The highest BCUT2D eigenvalue weighted by molar-refractivity contribution is 7.47. The molecule has 0 radical (unpaired) electrons. The van der Waals surface area contributed by atoms with Crippen LogP contribution in [0.2, 0.25) is 0 Å². The highest BCUT2D eigenvalue weighted by atomic mass is 31.2. The Kier molecular flexibility index (Phi) is 61.8. The van der Waals surface area contributed by atoms with Crippen LogP contribution in [-0.2, 0) is 32.7 Å². The number of allylic oxidation sites excluding steroid dienone is 4. The Labute approximate surface area is 504 Å². The molecule has 10 heteroatoms. The van der Waals surface area contributed by atoms with E-state index in [1.54, 1.807) is 0 Å². The van der Waals surface area contributed by atoms with Gasteiger partial charge in [0.2, 0.25) is 0 Å². The molecule has 0 spiro atoms. The van der Waals surface area contributed by atoms with Crippen molar-refractivity contribution in [2.75, 3.05) is 47.5 Å². The summed E-state index contributed by atoms with van der Waals surface area (Å²) in [7, 11) is 1.50. The molecule has 0 aromatic heterocycles. The monoisotopic (exact) mass is 1170 g/mol. The Morgan fingerprint density at radius 3 is 0.975 bits per heavy atom. The van der Waals surface area contributed by atoms with Gasteiger partial charge in [-0.25, -0.2) is 4.57 Å². The summed E-state index contributed by atoms with van der Waals surface area (Å²) < 4.78 is 34.7. The van der Waals surface area contributed by atoms with Crippen molar-refractivity contribution < 1.29 is 42.1 Å². The fraction of sp³-hybridized carbons (Fsp3) is 0.915. The smallest absolute Gasteiger partial charge is 0.462 e. The molecule has 1 N–H and O–H groups in total. The van der Waals surface area contributed by atoms with Crippen molar-refractivity contribution in [2.45, 2.75) is 373 Å². The number of phosphoric ester groups is 1. The first-order valence-electron chi connectivity index (χ1n) is 35.6. The molecule has 0 heterocycles. The number of esters is 2. The fourth-order valence-corrected chi connectivity index (χ4v) is 11.5. The van der Waals surface area contributed by atoms with Gasteiger partial charge in [0.15, 0.2) is 6.10 Å². The van der Waals surface area contributed by atoms with Crippen molar-refractivity contribution in [3.05, 3.63) is 24.3 Å². The molecule has 0 saturated heterocycles. The second kappa shape index (κ2) is 63.0. The van der Waals surface area contributed by atoms with Crippen LogP contribution in [0, 0.1) is 0 Å². The van der Waals surface area contributed by atoms with Gasteiger partial charge in [0.05, 0.1) is 27.7 Å². The van der Waals surface area contributed by atoms with Crippen LogP contribution in [0.1, 0.15) is 367 Å². The summed E-state index contributed by atoms with van der Waals surface area (Å²) in [5.41, 5.74) is 0. The lowest BCUT2D eigenvalue weighted by molar-refractivity contribution is -0.870. The third-order valence-corrected chi connectivity index (χ3v) is 17.2. The lowest BCUT2D eigenvalue weighted by Crippen LogP contribution is -2.37. The van der Waals surface area contributed by atoms with E-state index in [1.165, 1.54) is 295 Å². The van der Waals surface area contributed by atoms with Gasteiger partial charge < -0.3 is 18.9 Å². The number of hydrogen-bond donors (Lipinski definition) is 1. The molecule has 0 fully saturated rings. The van der Waals surface area contributed by atoms with Crippen LogP contribution < -0.4 is 0 Å². The van der Waals surface area contributed by atoms with Crippen molar-refractivity contribution in [3.8, 4) is 0 Å². The van der Waals surface area contributed by atoms with Crippen LogP contribution in [0.4, 0.5) is 0 Å². The maximum absolute atomic E-state index is 12.9. The van der Waals surface area contributed by atoms with Crippen molar-refractivity contribution in [3.63, 3.8) is 0 Å². The van der Waals surface area contributed by atoms with E-state index in [0.717, 1.165) is 44.9 Å². The molecular weight excluding hydrogens is 1030 g/mol. The summed E-state index contributed by atoms with van der Waals surface area (Å²) >= 11 is 0. The zero-order valence-electron chi connectivity index (χ0n) is 54.8. The second-order valence-electron chi connectivity index (χ2n) is 25.6. The maximum Gasteiger partial charge on any atom is 0.472 e. The number of nitrogens with zero attached hydrogens (tertiary/aromatic N) is 1. The Hall–Kier alpha value is -1.51. The Bertz CT molecular complexity index is 1420. The van der Waals surface area contributed by atoms with E-state index in [9.17, 15) is 19.0 Å². The molecule has 0 aliphatic rings. The minimum atomic E-state index is -4.38. The number of ether oxygens (including phenoxy) is 2. The average molecular weight is 1170 g/mol. The lowest BCUT2D eigenvalue weighted by Gasteiger charge is -2.24. The number of hydrogen-bond acceptors (Lipinski definition) is 7. The third kappa shape index (κ3) is 67.5. The summed E-state index contributed by atoms with van der Waals surface area (Å²) in [6.45, 7) is 4.49. The van der Waals surface area contributed by atoms with Crippen molar-refractivity contribution in [2.24, 2.45) is 0 Å². The fourth-order valence-electron chi connectivity index (χ4n) is 10.8. The molecule has 0 aromatic rings. The van der Waals surface area contributed by atoms with E-state index in [4.69, 9.17) is 18.5 Å². The van der Waals surface area contributed by atoms with Gasteiger partial charge in [-0.1, -0.05) is 334 Å². The number of carbonyl (C=O) groups is 2. The third-order valence-electron chi connectivity index (χ3n) is 16.2. The van der Waals surface area contributed by atoms with Crippen molar-refractivity contribution in [1.29, 1.82) is 0 Å². The van der Waals surface area contributed by atoms with E-state index in [0.29, 0.717) is 17.4 Å². The molecule has 0 aromatic carbocycles. The molecular formula is C71H139NO8P+. The largest absolute Gasteiger partial charge is 0.472 e. The van der Waals surface area contributed by atoms with E-state index in [-0.39, 0.29) is 25.6 Å². The van der Waals surface area contributed by atoms with Gasteiger partial charge in [0.1, 0.15) is 19.8 Å². The zero-order chi connectivity index (χ0) is 59.1. The first-order valence-corrected chi connectivity index (χ1v) is 37.1. The van der Waals surface area contributed by atoms with Gasteiger partial charge in [-0.2, -0.15) is 0 Å². The highest BCUT2D eigenvalue weighted by Crippen LogP contribution is 2.43. The number of carbonyl (C=O) groups excluding carboxylic acids is 2. The molecule has 9 nitrogen and oxygen atoms in total. The van der Waals surface area contributed by atoms with Gasteiger partial charge in [0, 0.05) is 12.8 Å². The number of quaternary nitrogens is 1. The molecule has 81 heavy (non-hydrogen) atoms. The van der Waals surface area contributed by atoms with E-state index in [1.807, 2.05) is 21.1 Å². The van der Waals surface area contributed by atoms with Gasteiger partial charge >= 0.3 is 19.8 Å². The van der Waals surface area contributed by atoms with Crippen LogP contribution in [0.5, 0.6) is 0 Å². The van der Waals surface area contributed by atoms with Gasteiger partial charge in [0.25, 0.3) is 0 Å². The summed E-state index contributed by atoms with van der Waals surface area (Å²) in [6.07, 6.45) is 78.8. The maximum atomic E-state index is 12.9. The topological polar surface area (TPSA) is 108 Å². The molecule has 0 aliphatic carbocycles. The molecule has 0 amide bonds. The molecule has 0 bridgehead atoms. The average Bonchev–Trinajstić information content (AvgIpc) is 3.43. The van der Waals surface area contributed by atoms with E-state index < -0.39 is 26.5 Å². The first-order chi connectivity index (χ1) is 39.5. The number of phosphoric acid groups is 1. The molecule has 0 aliphatic heterocycles. The number of likely N-dealkylation sites (N-methyl/N-ethyl adjacent to an activating group) is 1. The molecule has 0 saturated carbocycles. The molecule has 0 rings (SSSR count). The van der Waals surface area contributed by atoms with Crippen LogP contribution in [0.3, 0.4) is 0 Å². The minimum absolute atomic E-state index is 0.0364. The SMILES string of the molecule is CCCCCCC/C=C\C/C=C\CCCCCCCCCCCCCCCCCCCCCCCCCCCCCCCC(=O)OC(COC(=O)CCCCCCCCCCCCCCCCCC)COP(=O)(O)OCC[N+](C)(C)C. The van der Waals surface area contributed by atoms with Gasteiger partial charge in [-0.05, 0) is 44.9 Å². The molecule has 2 unspecified atom stereocenters. The predicted octanol–water partition coefficient (Wildman–Crippen LogP) is 22.9. The van der Waals surface area contributed by atoms with Crippen LogP contribution >= 0.6 is 7.82 Å². The Morgan fingerprint density at radius 2 is 0.667 bits per heavy atom. The highest BCUT2D eigenvalue weighted by Gasteiger charge is 2.27. The quantitative estimate of drug-likeness (QED) is 0.0211. The normalized spacial score (nSPS) is 13.2. The predicted molar refractivity (Wildman–Crippen MR) is 349 cm³/mol. The Morgan fingerprint density at radius 1 is 0.383 bits per heavy atom. The standard InChI is InChI=1S/C71H138NO8P/c1-6-8-10-12-14-16-18-20-22-24-25-26-27-28-29-30-31-32-33-34-35-36-37-38-39-40-41-42-43-44-45-46-47-48-50-52-54-56-58-60-62-64-71(74)80-69(68-79-81(75,76)78-66-65-72(3,4)5)67-77-70(73)63-61-59-57-55-53-51-49-23-21-19-17-15-13-11-9-7-2/h18,20,24-25,69H,6-17,19,21-23,26-68H2,1-5H3/p+1/b20-18-,25-24-. The minimum Gasteiger partial charge on any atom is -0.462 e. The van der Waals surface area contributed by atoms with Crippen LogP contribution in [0.25, 0.3) is 0 Å². The molecule has 480 valence electrons. The van der Waals surface area contributed by atoms with E-state index >= 15 is 0 Å². The summed E-state index contributed by atoms with van der Waals surface area (Å²) in [4.78, 5) is 35.8. The summed E-state index contributed by atoms with van der Waals surface area (Å²) in [5, 5.41) is 0. The summed E-state index contributed by atoms with van der Waals surface area (Å²) in [6, 6.07) is 0. The summed E-state index contributed by atoms with van der Waals surface area (Å²) in [5.74, 6) is -0.773. The second-order valence-corrected chi connectivity index (χ2v) is 27.1. The first kappa shape index (κ1) is 79.5. The van der Waals surface area contributed by atoms with Crippen molar-refractivity contribution >= 4 is 19.8 Å². The molecule has 2 atom stereocenters. The van der Waals surface area contributed by atoms with Gasteiger partial charge in [-0.3, -0.25) is 18.6 Å². The van der Waals surface area contributed by atoms with E-state index in [2.05, 4.69) is 38.2 Å². The van der Waals surface area contributed by atoms with Crippen LogP contribution in [-0.4, -0.2) is 74.9 Å². The lowest BCUT2D eigenvalue weighted by atomic mass is 10.0. The van der Waals surface area contributed by atoms with Gasteiger partial charge in [-0.15, -0.1) is 0 Å². The Balaban J connectivity index is 3.83. The number of unbranched alkanes of at least 4 members (excludes halogenated alkanes) is 49. The van der Waals surface area contributed by atoms with Crippen molar-refractivity contribution in [1.82, 2.24) is 0 Å². The van der Waals surface area contributed by atoms with Crippen LogP contribution in [0.15, 0.2) is 24.3 Å². The number of rotatable bonds is 67.